The van der Waals surface area contributed by atoms with Crippen LogP contribution in [-0.4, -0.2) is 34.2 Å². The highest BCUT2D eigenvalue weighted by molar-refractivity contribution is 5.86. The fourth-order valence-electron chi connectivity index (χ4n) is 3.72. The zero-order valence-electron chi connectivity index (χ0n) is 15.6. The minimum absolute atomic E-state index is 0.111. The molecule has 1 aliphatic rings. The van der Waals surface area contributed by atoms with Crippen LogP contribution in [-0.2, 0) is 4.74 Å². The van der Waals surface area contributed by atoms with Gasteiger partial charge in [-0.1, -0.05) is 0 Å². The largest absolute Gasteiger partial charge is 0.444 e. The van der Waals surface area contributed by atoms with Crippen LogP contribution >= 0.6 is 0 Å². The summed E-state index contributed by atoms with van der Waals surface area (Å²) >= 11 is 0. The third-order valence-electron chi connectivity index (χ3n) is 5.03. The van der Waals surface area contributed by atoms with Gasteiger partial charge in [-0.3, -0.25) is 0 Å². The molecule has 2 aromatic rings. The molecule has 2 unspecified atom stereocenters. The van der Waals surface area contributed by atoms with E-state index < -0.39 is 5.60 Å². The first-order valence-electron chi connectivity index (χ1n) is 8.93. The summed E-state index contributed by atoms with van der Waals surface area (Å²) in [5.74, 6) is 0.168. The SMILES string of the molecule is Cc1c(F)ccc2c(C3CCN(C(=O)OC(C)(C)C)C(C)C3)c[nH]c12. The van der Waals surface area contributed by atoms with Crippen molar-refractivity contribution < 1.29 is 13.9 Å². The molecule has 1 saturated heterocycles. The summed E-state index contributed by atoms with van der Waals surface area (Å²) in [6.07, 6.45) is 3.52. The number of rotatable bonds is 1. The van der Waals surface area contributed by atoms with E-state index in [0.29, 0.717) is 18.0 Å². The number of nitrogens with one attached hydrogen (secondary N) is 1. The smallest absolute Gasteiger partial charge is 0.410 e. The molecule has 1 aliphatic heterocycles. The average Bonchev–Trinajstić information content (AvgIpc) is 2.93. The first kappa shape index (κ1) is 17.8. The zero-order chi connectivity index (χ0) is 18.4. The van der Waals surface area contributed by atoms with Gasteiger partial charge in [0.25, 0.3) is 0 Å². The third-order valence-corrected chi connectivity index (χ3v) is 5.03. The van der Waals surface area contributed by atoms with Gasteiger partial charge in [0.15, 0.2) is 0 Å². The zero-order valence-corrected chi connectivity index (χ0v) is 15.6. The van der Waals surface area contributed by atoms with Crippen LogP contribution in [0.5, 0.6) is 0 Å². The molecule has 0 spiro atoms. The molecule has 0 radical (unpaired) electrons. The van der Waals surface area contributed by atoms with Crippen LogP contribution in [0.4, 0.5) is 9.18 Å². The van der Waals surface area contributed by atoms with Gasteiger partial charge >= 0.3 is 6.09 Å². The fourth-order valence-corrected chi connectivity index (χ4v) is 3.72. The van der Waals surface area contributed by atoms with E-state index in [0.717, 1.165) is 23.7 Å². The van der Waals surface area contributed by atoms with E-state index in [2.05, 4.69) is 11.9 Å². The molecule has 4 nitrogen and oxygen atoms in total. The van der Waals surface area contributed by atoms with E-state index in [1.54, 1.807) is 6.92 Å². The Kier molecular flexibility index (Phi) is 4.52. The predicted molar refractivity (Wildman–Crippen MR) is 97.4 cm³/mol. The number of H-pyrrole nitrogens is 1. The molecule has 1 amide bonds. The number of halogens is 1. The lowest BCUT2D eigenvalue weighted by atomic mass is 9.85. The highest BCUT2D eigenvalue weighted by Crippen LogP contribution is 2.37. The molecule has 0 saturated carbocycles. The molecule has 1 aromatic heterocycles. The number of hydrogen-bond donors (Lipinski definition) is 1. The number of aromatic amines is 1. The van der Waals surface area contributed by atoms with Crippen LogP contribution in [0.2, 0.25) is 0 Å². The van der Waals surface area contributed by atoms with E-state index in [-0.39, 0.29) is 18.0 Å². The molecule has 3 rings (SSSR count). The highest BCUT2D eigenvalue weighted by atomic mass is 19.1. The van der Waals surface area contributed by atoms with E-state index in [9.17, 15) is 9.18 Å². The van der Waals surface area contributed by atoms with Crippen LogP contribution in [0.1, 0.15) is 57.6 Å². The summed E-state index contributed by atoms with van der Waals surface area (Å²) in [6.45, 7) is 10.2. The van der Waals surface area contributed by atoms with Crippen LogP contribution in [0, 0.1) is 12.7 Å². The highest BCUT2D eigenvalue weighted by Gasteiger charge is 2.33. The van der Waals surface area contributed by atoms with Crippen molar-refractivity contribution in [2.45, 2.75) is 65.0 Å². The maximum atomic E-state index is 13.8. The fraction of sp³-hybridized carbons (Fsp3) is 0.550. The number of likely N-dealkylation sites (tertiary alicyclic amines) is 1. The van der Waals surface area contributed by atoms with Crippen molar-refractivity contribution >= 4 is 17.0 Å². The number of hydrogen-bond acceptors (Lipinski definition) is 2. The maximum Gasteiger partial charge on any atom is 0.410 e. The van der Waals surface area contributed by atoms with E-state index >= 15 is 0 Å². The molecule has 136 valence electrons. The molecular formula is C20H27FN2O2. The summed E-state index contributed by atoms with van der Waals surface area (Å²) in [5, 5.41) is 1.09. The standard InChI is InChI=1S/C20H27FN2O2/c1-12-10-14(8-9-23(12)19(24)25-20(3,4)5)16-11-22-18-13(2)17(21)7-6-15(16)18/h6-7,11-12,14,22H,8-10H2,1-5H3. The Balaban J connectivity index is 1.78. The summed E-state index contributed by atoms with van der Waals surface area (Å²) < 4.78 is 19.3. The number of amides is 1. The minimum atomic E-state index is -0.480. The van der Waals surface area contributed by atoms with E-state index in [4.69, 9.17) is 4.74 Å². The van der Waals surface area contributed by atoms with Gasteiger partial charge < -0.3 is 14.6 Å². The van der Waals surface area contributed by atoms with Crippen molar-refractivity contribution in [2.75, 3.05) is 6.54 Å². The van der Waals surface area contributed by atoms with Gasteiger partial charge in [-0.15, -0.1) is 0 Å². The topological polar surface area (TPSA) is 45.3 Å². The number of piperidine rings is 1. The van der Waals surface area contributed by atoms with Crippen LogP contribution < -0.4 is 0 Å². The summed E-state index contributed by atoms with van der Waals surface area (Å²) in [7, 11) is 0. The molecule has 1 aromatic carbocycles. The van der Waals surface area contributed by atoms with Crippen molar-refractivity contribution in [1.82, 2.24) is 9.88 Å². The van der Waals surface area contributed by atoms with Crippen molar-refractivity contribution in [3.8, 4) is 0 Å². The molecule has 0 aliphatic carbocycles. The first-order chi connectivity index (χ1) is 11.7. The second-order valence-electron chi connectivity index (χ2n) is 8.08. The predicted octanol–water partition coefficient (Wildman–Crippen LogP) is 5.12. The van der Waals surface area contributed by atoms with Gasteiger partial charge in [0.1, 0.15) is 11.4 Å². The van der Waals surface area contributed by atoms with Gasteiger partial charge in [-0.2, -0.15) is 0 Å². The van der Waals surface area contributed by atoms with Crippen LogP contribution in [0.25, 0.3) is 10.9 Å². The molecule has 2 heterocycles. The van der Waals surface area contributed by atoms with Crippen molar-refractivity contribution in [2.24, 2.45) is 0 Å². The molecular weight excluding hydrogens is 319 g/mol. The Labute approximate surface area is 148 Å². The van der Waals surface area contributed by atoms with Crippen molar-refractivity contribution in [1.29, 1.82) is 0 Å². The number of nitrogens with zero attached hydrogens (tertiary/aromatic N) is 1. The summed E-state index contributed by atoms with van der Waals surface area (Å²) in [4.78, 5) is 17.4. The Morgan fingerprint density at radius 3 is 2.72 bits per heavy atom. The molecule has 1 N–H and O–H groups in total. The lowest BCUT2D eigenvalue weighted by Gasteiger charge is -2.38. The number of benzene rings is 1. The van der Waals surface area contributed by atoms with Crippen molar-refractivity contribution in [3.05, 3.63) is 35.3 Å². The quantitative estimate of drug-likeness (QED) is 0.779. The van der Waals surface area contributed by atoms with Crippen LogP contribution in [0.15, 0.2) is 18.3 Å². The summed E-state index contributed by atoms with van der Waals surface area (Å²) in [6, 6.07) is 3.50. The molecule has 2 atom stereocenters. The molecule has 0 bridgehead atoms. The second-order valence-corrected chi connectivity index (χ2v) is 8.08. The minimum Gasteiger partial charge on any atom is -0.444 e. The van der Waals surface area contributed by atoms with Gasteiger partial charge in [-0.05, 0) is 71.1 Å². The maximum absolute atomic E-state index is 13.8. The normalized spacial score (nSPS) is 21.6. The van der Waals surface area contributed by atoms with E-state index in [1.807, 2.05) is 37.9 Å². The Morgan fingerprint density at radius 2 is 2.08 bits per heavy atom. The second kappa shape index (κ2) is 6.36. The monoisotopic (exact) mass is 346 g/mol. The lowest BCUT2D eigenvalue weighted by Crippen LogP contribution is -2.46. The van der Waals surface area contributed by atoms with Gasteiger partial charge in [0, 0.05) is 29.7 Å². The lowest BCUT2D eigenvalue weighted by molar-refractivity contribution is 0.0104. The van der Waals surface area contributed by atoms with Crippen molar-refractivity contribution in [3.63, 3.8) is 0 Å². The number of carbonyl (C=O) groups excluding carboxylic acids is 1. The van der Waals surface area contributed by atoms with Gasteiger partial charge in [0.05, 0.1) is 5.52 Å². The van der Waals surface area contributed by atoms with Crippen LogP contribution in [0.3, 0.4) is 0 Å². The Morgan fingerprint density at radius 1 is 1.36 bits per heavy atom. The molecule has 5 heteroatoms. The average molecular weight is 346 g/mol. The number of ether oxygens (including phenoxy) is 1. The summed E-state index contributed by atoms with van der Waals surface area (Å²) in [5.41, 5.74) is 2.26. The van der Waals surface area contributed by atoms with Gasteiger partial charge in [-0.25, -0.2) is 9.18 Å². The Hall–Kier alpha value is -2.04. The molecule has 1 fully saturated rings. The Bertz CT molecular complexity index is 791. The third kappa shape index (κ3) is 3.51. The first-order valence-corrected chi connectivity index (χ1v) is 8.93. The van der Waals surface area contributed by atoms with Gasteiger partial charge in [0.2, 0.25) is 0 Å². The number of aromatic nitrogens is 1. The van der Waals surface area contributed by atoms with E-state index in [1.165, 1.54) is 11.6 Å². The number of aryl methyl sites for hydroxylation is 1. The number of carbonyl (C=O) groups is 1. The number of fused-ring (bicyclic) bond motifs is 1. The molecule has 25 heavy (non-hydrogen) atoms.